The van der Waals surface area contributed by atoms with E-state index in [4.69, 9.17) is 27.4 Å². The zero-order valence-electron chi connectivity index (χ0n) is 13.5. The van der Waals surface area contributed by atoms with Crippen molar-refractivity contribution in [1.29, 1.82) is 0 Å². The first kappa shape index (κ1) is 16.9. The van der Waals surface area contributed by atoms with Gasteiger partial charge in [-0.3, -0.25) is 9.79 Å². The number of fused-ring (bicyclic) bond motifs is 1. The molecule has 1 atom stereocenters. The van der Waals surface area contributed by atoms with Crippen molar-refractivity contribution in [3.8, 4) is 0 Å². The number of aliphatic imine (C=N–C) groups is 2. The third-order valence-electron chi connectivity index (χ3n) is 4.23. The van der Waals surface area contributed by atoms with E-state index >= 15 is 0 Å². The van der Waals surface area contributed by atoms with Crippen LogP contribution in [0.3, 0.4) is 0 Å². The Bertz CT molecular complexity index is 833. The van der Waals surface area contributed by atoms with Gasteiger partial charge in [0.25, 0.3) is 0 Å². The van der Waals surface area contributed by atoms with E-state index in [0.29, 0.717) is 0 Å². The van der Waals surface area contributed by atoms with Gasteiger partial charge in [0, 0.05) is 15.5 Å². The Hall–Kier alpha value is -1.92. The predicted molar refractivity (Wildman–Crippen MR) is 98.9 cm³/mol. The molecule has 1 aliphatic heterocycles. The highest BCUT2D eigenvalue weighted by molar-refractivity contribution is 7.16. The van der Waals surface area contributed by atoms with Gasteiger partial charge in [-0.2, -0.15) is 0 Å². The van der Waals surface area contributed by atoms with Crippen LogP contribution in [0.1, 0.15) is 35.3 Å². The van der Waals surface area contributed by atoms with Gasteiger partial charge in [-0.05, 0) is 43.9 Å². The van der Waals surface area contributed by atoms with Gasteiger partial charge >= 0.3 is 5.97 Å². The van der Waals surface area contributed by atoms with E-state index in [0.717, 1.165) is 50.2 Å². The first-order valence-electron chi connectivity index (χ1n) is 7.66. The summed E-state index contributed by atoms with van der Waals surface area (Å²) < 4.78 is 0. The zero-order chi connectivity index (χ0) is 17.4. The average molecular weight is 364 g/mol. The molecule has 0 saturated heterocycles. The van der Waals surface area contributed by atoms with Gasteiger partial charge in [0.15, 0.2) is 0 Å². The molecule has 1 aromatic heterocycles. The molecule has 0 radical (unpaired) electrons. The van der Waals surface area contributed by atoms with Gasteiger partial charge in [-0.1, -0.05) is 17.7 Å². The summed E-state index contributed by atoms with van der Waals surface area (Å²) >= 11 is 7.63. The molecule has 0 fully saturated rings. The number of aliphatic carboxylic acids is 1. The SMILES string of the molecule is Cc1sc2c(c1C)C(C1=CC=C(Cl)CC1)=N[C@@H](CC(=O)O)C(N)=N2. The van der Waals surface area contributed by atoms with Gasteiger partial charge in [-0.25, -0.2) is 4.99 Å². The molecule has 0 amide bonds. The molecule has 2 aliphatic rings. The number of hydrogen-bond acceptors (Lipinski definition) is 5. The molecule has 1 aromatic rings. The van der Waals surface area contributed by atoms with Crippen molar-refractivity contribution >= 4 is 45.5 Å². The minimum atomic E-state index is -0.944. The third kappa shape index (κ3) is 3.16. The van der Waals surface area contributed by atoms with Crippen molar-refractivity contribution in [2.45, 2.75) is 39.2 Å². The molecule has 3 N–H and O–H groups in total. The van der Waals surface area contributed by atoms with E-state index in [1.807, 2.05) is 26.0 Å². The van der Waals surface area contributed by atoms with Crippen LogP contribution >= 0.6 is 22.9 Å². The molecule has 0 unspecified atom stereocenters. The lowest BCUT2D eigenvalue weighted by atomic mass is 9.93. The molecule has 7 heteroatoms. The lowest BCUT2D eigenvalue weighted by Gasteiger charge is -2.16. The summed E-state index contributed by atoms with van der Waals surface area (Å²) in [6.45, 7) is 4.08. The fraction of sp³-hybridized carbons (Fsp3) is 0.353. The predicted octanol–water partition coefficient (Wildman–Crippen LogP) is 3.84. The molecule has 3 rings (SSSR count). The number of aryl methyl sites for hydroxylation is 1. The number of rotatable bonds is 3. The Morgan fingerprint density at radius 2 is 2.17 bits per heavy atom. The summed E-state index contributed by atoms with van der Waals surface area (Å²) in [5.41, 5.74) is 9.96. The molecule has 5 nitrogen and oxygen atoms in total. The Morgan fingerprint density at radius 1 is 1.42 bits per heavy atom. The van der Waals surface area contributed by atoms with E-state index in [1.54, 1.807) is 11.3 Å². The van der Waals surface area contributed by atoms with Gasteiger partial charge in [0.1, 0.15) is 16.9 Å². The second-order valence-electron chi connectivity index (χ2n) is 5.90. The maximum absolute atomic E-state index is 11.2. The molecule has 126 valence electrons. The molecule has 1 aliphatic carbocycles. The Kier molecular flexibility index (Phi) is 4.60. The Balaban J connectivity index is 2.17. The molecular formula is C17H18ClN3O2S. The minimum Gasteiger partial charge on any atom is -0.481 e. The van der Waals surface area contributed by atoms with Crippen LogP contribution in [0, 0.1) is 13.8 Å². The van der Waals surface area contributed by atoms with Crippen LogP contribution < -0.4 is 5.73 Å². The van der Waals surface area contributed by atoms with Crippen LogP contribution in [0.25, 0.3) is 0 Å². The van der Waals surface area contributed by atoms with Crippen molar-refractivity contribution in [2.24, 2.45) is 15.7 Å². The molecule has 0 spiro atoms. The van der Waals surface area contributed by atoms with Crippen molar-refractivity contribution < 1.29 is 9.90 Å². The number of carboxylic acids is 1. The lowest BCUT2D eigenvalue weighted by molar-refractivity contribution is -0.137. The van der Waals surface area contributed by atoms with Crippen molar-refractivity contribution in [3.05, 3.63) is 38.8 Å². The Morgan fingerprint density at radius 3 is 2.79 bits per heavy atom. The van der Waals surface area contributed by atoms with Crippen LogP contribution in [-0.4, -0.2) is 28.7 Å². The number of nitrogens with two attached hydrogens (primary N) is 1. The van der Waals surface area contributed by atoms with E-state index in [-0.39, 0.29) is 12.3 Å². The first-order valence-corrected chi connectivity index (χ1v) is 8.86. The summed E-state index contributed by atoms with van der Waals surface area (Å²) in [5.74, 6) is -0.695. The maximum atomic E-state index is 11.2. The molecule has 0 bridgehead atoms. The van der Waals surface area contributed by atoms with E-state index < -0.39 is 12.0 Å². The average Bonchev–Trinajstić information content (AvgIpc) is 2.71. The molecule has 0 saturated carbocycles. The second-order valence-corrected chi connectivity index (χ2v) is 7.59. The number of halogens is 1. The van der Waals surface area contributed by atoms with Gasteiger partial charge < -0.3 is 10.8 Å². The standard InChI is InChI=1S/C17H18ClN3O2S/c1-8-9(2)24-17-14(8)15(10-3-5-11(18)6-4-10)20-12(7-13(22)23)16(19)21-17/h3,5,12H,4,6-7H2,1-2H3,(H2,19,21)(H,22,23)/t12-/m0/s1. The maximum Gasteiger partial charge on any atom is 0.305 e. The van der Waals surface area contributed by atoms with Gasteiger partial charge in [0.2, 0.25) is 0 Å². The highest BCUT2D eigenvalue weighted by Crippen LogP contribution is 2.39. The number of amidine groups is 1. The number of allylic oxidation sites excluding steroid dienone is 4. The number of thiophene rings is 1. The summed E-state index contributed by atoms with van der Waals surface area (Å²) in [4.78, 5) is 21.5. The summed E-state index contributed by atoms with van der Waals surface area (Å²) in [5, 5.41) is 10.8. The highest BCUT2D eigenvalue weighted by Gasteiger charge is 2.28. The fourth-order valence-electron chi connectivity index (χ4n) is 2.81. The number of nitrogens with zero attached hydrogens (tertiary/aromatic N) is 2. The largest absolute Gasteiger partial charge is 0.481 e. The molecule has 24 heavy (non-hydrogen) atoms. The summed E-state index contributed by atoms with van der Waals surface area (Å²) in [6.07, 6.45) is 5.18. The van der Waals surface area contributed by atoms with E-state index in [2.05, 4.69) is 4.99 Å². The lowest BCUT2D eigenvalue weighted by Crippen LogP contribution is -2.30. The molecule has 2 heterocycles. The highest BCUT2D eigenvalue weighted by atomic mass is 35.5. The Labute approximate surface area is 149 Å². The van der Waals surface area contributed by atoms with Crippen LogP contribution in [0.4, 0.5) is 5.00 Å². The fourth-order valence-corrected chi connectivity index (χ4v) is 4.02. The molecule has 0 aromatic carbocycles. The third-order valence-corrected chi connectivity index (χ3v) is 5.65. The van der Waals surface area contributed by atoms with Gasteiger partial charge in [0.05, 0.1) is 12.1 Å². The number of hydrogen-bond donors (Lipinski definition) is 2. The summed E-state index contributed by atoms with van der Waals surface area (Å²) in [7, 11) is 0. The minimum absolute atomic E-state index is 0.171. The smallest absolute Gasteiger partial charge is 0.305 e. The van der Waals surface area contributed by atoms with E-state index in [1.165, 1.54) is 0 Å². The zero-order valence-corrected chi connectivity index (χ0v) is 15.0. The number of carboxylic acid groups (broad SMARTS) is 1. The summed E-state index contributed by atoms with van der Waals surface area (Å²) in [6, 6.07) is -0.654. The van der Waals surface area contributed by atoms with Crippen LogP contribution in [0.2, 0.25) is 0 Å². The molecular weight excluding hydrogens is 346 g/mol. The second kappa shape index (κ2) is 6.53. The number of carbonyl (C=O) groups is 1. The first-order chi connectivity index (χ1) is 11.4. The quantitative estimate of drug-likeness (QED) is 0.855. The van der Waals surface area contributed by atoms with Crippen LogP contribution in [0.5, 0.6) is 0 Å². The van der Waals surface area contributed by atoms with E-state index in [9.17, 15) is 4.79 Å². The topological polar surface area (TPSA) is 88.0 Å². The van der Waals surface area contributed by atoms with Crippen molar-refractivity contribution in [3.63, 3.8) is 0 Å². The monoisotopic (exact) mass is 363 g/mol. The van der Waals surface area contributed by atoms with Crippen molar-refractivity contribution in [2.75, 3.05) is 0 Å². The van der Waals surface area contributed by atoms with Crippen molar-refractivity contribution in [1.82, 2.24) is 0 Å². The normalized spacial score (nSPS) is 20.4. The van der Waals surface area contributed by atoms with Gasteiger partial charge in [-0.15, -0.1) is 11.3 Å². The van der Waals surface area contributed by atoms with Crippen LogP contribution in [0.15, 0.2) is 32.7 Å². The van der Waals surface area contributed by atoms with Crippen LogP contribution in [-0.2, 0) is 4.79 Å².